The molecule has 0 saturated heterocycles. The van der Waals surface area contributed by atoms with Crippen molar-refractivity contribution in [2.45, 2.75) is 26.3 Å². The number of halogens is 1. The Morgan fingerprint density at radius 1 is 1.44 bits per heavy atom. The minimum Gasteiger partial charge on any atom is -0.313 e. The molecule has 2 unspecified atom stereocenters. The Kier molecular flexibility index (Phi) is 4.94. The molecule has 0 fully saturated rings. The van der Waals surface area contributed by atoms with Gasteiger partial charge in [-0.15, -0.1) is 0 Å². The molecule has 1 aromatic carbocycles. The summed E-state index contributed by atoms with van der Waals surface area (Å²) in [7, 11) is 0. The summed E-state index contributed by atoms with van der Waals surface area (Å²) in [5.74, 6) is -0.190. The molecule has 16 heavy (non-hydrogen) atoms. The van der Waals surface area contributed by atoms with Crippen molar-refractivity contribution in [2.75, 3.05) is 6.54 Å². The second kappa shape index (κ2) is 6.24. The summed E-state index contributed by atoms with van der Waals surface area (Å²) in [5, 5.41) is 11.9. The maximum atomic E-state index is 12.9. The Labute approximate surface area is 96.1 Å². The monoisotopic (exact) mass is 220 g/mol. The van der Waals surface area contributed by atoms with Crippen LogP contribution in [0.5, 0.6) is 0 Å². The first-order chi connectivity index (χ1) is 7.61. The standard InChI is InChI=1S/C13H17FN2/c1-10(8-15)9-16-11(2)6-12-4-3-5-13(14)7-12/h3-5,7,10-11,16H,6,9H2,1-2H3. The third kappa shape index (κ3) is 4.41. The summed E-state index contributed by atoms with van der Waals surface area (Å²) < 4.78 is 12.9. The van der Waals surface area contributed by atoms with E-state index in [0.717, 1.165) is 12.0 Å². The lowest BCUT2D eigenvalue weighted by molar-refractivity contribution is 0.507. The number of rotatable bonds is 5. The number of nitrogens with one attached hydrogen (secondary N) is 1. The molecular weight excluding hydrogens is 203 g/mol. The fourth-order valence-corrected chi connectivity index (χ4v) is 1.51. The molecular formula is C13H17FN2. The van der Waals surface area contributed by atoms with Crippen LogP contribution in [0.2, 0.25) is 0 Å². The average Bonchev–Trinajstić information content (AvgIpc) is 2.26. The van der Waals surface area contributed by atoms with E-state index in [1.807, 2.05) is 19.9 Å². The largest absolute Gasteiger partial charge is 0.313 e. The van der Waals surface area contributed by atoms with Gasteiger partial charge in [0.05, 0.1) is 12.0 Å². The molecule has 0 amide bonds. The maximum absolute atomic E-state index is 12.9. The van der Waals surface area contributed by atoms with Gasteiger partial charge in [-0.2, -0.15) is 5.26 Å². The van der Waals surface area contributed by atoms with Crippen molar-refractivity contribution in [3.8, 4) is 6.07 Å². The van der Waals surface area contributed by atoms with Crippen LogP contribution in [0.3, 0.4) is 0 Å². The third-order valence-electron chi connectivity index (χ3n) is 2.42. The maximum Gasteiger partial charge on any atom is 0.123 e. The number of benzene rings is 1. The van der Waals surface area contributed by atoms with Crippen molar-refractivity contribution in [3.05, 3.63) is 35.6 Å². The molecule has 0 saturated carbocycles. The fourth-order valence-electron chi connectivity index (χ4n) is 1.51. The van der Waals surface area contributed by atoms with Gasteiger partial charge < -0.3 is 5.32 Å². The molecule has 2 atom stereocenters. The van der Waals surface area contributed by atoms with Gasteiger partial charge in [-0.25, -0.2) is 4.39 Å². The van der Waals surface area contributed by atoms with Gasteiger partial charge in [0, 0.05) is 12.6 Å². The van der Waals surface area contributed by atoms with Crippen molar-refractivity contribution >= 4 is 0 Å². The van der Waals surface area contributed by atoms with Crippen LogP contribution in [-0.2, 0) is 6.42 Å². The van der Waals surface area contributed by atoms with Crippen molar-refractivity contribution in [2.24, 2.45) is 5.92 Å². The van der Waals surface area contributed by atoms with Crippen LogP contribution in [0.25, 0.3) is 0 Å². The van der Waals surface area contributed by atoms with Crippen LogP contribution in [0.1, 0.15) is 19.4 Å². The second-order valence-corrected chi connectivity index (χ2v) is 4.17. The first-order valence-electron chi connectivity index (χ1n) is 5.49. The number of hydrogen-bond acceptors (Lipinski definition) is 2. The SMILES string of the molecule is CC(C#N)CNC(C)Cc1cccc(F)c1. The zero-order valence-electron chi connectivity index (χ0n) is 9.70. The molecule has 0 aromatic heterocycles. The minimum atomic E-state index is -0.199. The summed E-state index contributed by atoms with van der Waals surface area (Å²) in [6, 6.07) is 9.04. The Morgan fingerprint density at radius 3 is 2.81 bits per heavy atom. The van der Waals surface area contributed by atoms with Crippen LogP contribution < -0.4 is 5.32 Å². The molecule has 0 aliphatic carbocycles. The van der Waals surface area contributed by atoms with Crippen molar-refractivity contribution in [1.29, 1.82) is 5.26 Å². The molecule has 0 bridgehead atoms. The lowest BCUT2D eigenvalue weighted by Gasteiger charge is -2.14. The number of nitriles is 1. The fraction of sp³-hybridized carbons (Fsp3) is 0.462. The number of nitrogens with zero attached hydrogens (tertiary/aromatic N) is 1. The summed E-state index contributed by atoms with van der Waals surface area (Å²) >= 11 is 0. The van der Waals surface area contributed by atoms with E-state index in [1.54, 1.807) is 12.1 Å². The molecule has 0 spiro atoms. The lowest BCUT2D eigenvalue weighted by atomic mass is 10.1. The predicted octanol–water partition coefficient (Wildman–Crippen LogP) is 2.51. The Morgan fingerprint density at radius 2 is 2.19 bits per heavy atom. The molecule has 2 nitrogen and oxygen atoms in total. The van der Waals surface area contributed by atoms with Gasteiger partial charge in [0.15, 0.2) is 0 Å². The van der Waals surface area contributed by atoms with Gasteiger partial charge in [0.1, 0.15) is 5.82 Å². The van der Waals surface area contributed by atoms with Gasteiger partial charge in [-0.05, 0) is 38.0 Å². The van der Waals surface area contributed by atoms with Crippen LogP contribution in [0.4, 0.5) is 4.39 Å². The second-order valence-electron chi connectivity index (χ2n) is 4.17. The van der Waals surface area contributed by atoms with E-state index in [0.29, 0.717) is 6.54 Å². The summed E-state index contributed by atoms with van der Waals surface area (Å²) in [4.78, 5) is 0. The first-order valence-corrected chi connectivity index (χ1v) is 5.49. The molecule has 1 N–H and O–H groups in total. The molecule has 0 aliphatic rings. The summed E-state index contributed by atoms with van der Waals surface area (Å²) in [5.41, 5.74) is 0.976. The van der Waals surface area contributed by atoms with E-state index in [-0.39, 0.29) is 17.8 Å². The molecule has 0 heterocycles. The van der Waals surface area contributed by atoms with Crippen molar-refractivity contribution in [3.63, 3.8) is 0 Å². The molecule has 86 valence electrons. The number of hydrogen-bond donors (Lipinski definition) is 1. The predicted molar refractivity (Wildman–Crippen MR) is 62.3 cm³/mol. The van der Waals surface area contributed by atoms with Gasteiger partial charge in [-0.1, -0.05) is 12.1 Å². The van der Waals surface area contributed by atoms with E-state index in [9.17, 15) is 4.39 Å². The van der Waals surface area contributed by atoms with Crippen LogP contribution in [0, 0.1) is 23.1 Å². The van der Waals surface area contributed by atoms with E-state index in [2.05, 4.69) is 11.4 Å². The van der Waals surface area contributed by atoms with E-state index in [1.165, 1.54) is 6.07 Å². The van der Waals surface area contributed by atoms with Crippen molar-refractivity contribution < 1.29 is 4.39 Å². The first kappa shape index (κ1) is 12.7. The molecule has 0 aliphatic heterocycles. The zero-order chi connectivity index (χ0) is 12.0. The quantitative estimate of drug-likeness (QED) is 0.827. The van der Waals surface area contributed by atoms with Gasteiger partial charge in [0.2, 0.25) is 0 Å². The highest BCUT2D eigenvalue weighted by Crippen LogP contribution is 2.06. The molecule has 3 heteroatoms. The third-order valence-corrected chi connectivity index (χ3v) is 2.42. The van der Waals surface area contributed by atoms with Gasteiger partial charge in [-0.3, -0.25) is 0 Å². The highest BCUT2D eigenvalue weighted by Gasteiger charge is 2.06. The van der Waals surface area contributed by atoms with Crippen molar-refractivity contribution in [1.82, 2.24) is 5.32 Å². The summed E-state index contributed by atoms with van der Waals surface area (Å²) in [6.45, 7) is 4.59. The molecule has 1 aromatic rings. The smallest absolute Gasteiger partial charge is 0.123 e. The topological polar surface area (TPSA) is 35.8 Å². The minimum absolute atomic E-state index is 0.00922. The Hall–Kier alpha value is -1.40. The lowest BCUT2D eigenvalue weighted by Crippen LogP contribution is -2.31. The van der Waals surface area contributed by atoms with E-state index >= 15 is 0 Å². The zero-order valence-corrected chi connectivity index (χ0v) is 9.70. The Bertz CT molecular complexity index is 370. The molecule has 1 rings (SSSR count). The normalized spacial score (nSPS) is 14.1. The average molecular weight is 220 g/mol. The molecule has 0 radical (unpaired) electrons. The highest BCUT2D eigenvalue weighted by atomic mass is 19.1. The highest BCUT2D eigenvalue weighted by molar-refractivity contribution is 5.17. The van der Waals surface area contributed by atoms with Crippen LogP contribution in [-0.4, -0.2) is 12.6 Å². The Balaban J connectivity index is 2.40. The van der Waals surface area contributed by atoms with Crippen LogP contribution in [0.15, 0.2) is 24.3 Å². The van der Waals surface area contributed by atoms with Crippen LogP contribution >= 0.6 is 0 Å². The van der Waals surface area contributed by atoms with Gasteiger partial charge in [0.25, 0.3) is 0 Å². The van der Waals surface area contributed by atoms with Gasteiger partial charge >= 0.3 is 0 Å². The van der Waals surface area contributed by atoms with E-state index in [4.69, 9.17) is 5.26 Å². The summed E-state index contributed by atoms with van der Waals surface area (Å²) in [6.07, 6.45) is 0.774. The van der Waals surface area contributed by atoms with E-state index < -0.39 is 0 Å².